The molecule has 1 amide bonds. The summed E-state index contributed by atoms with van der Waals surface area (Å²) in [7, 11) is 0. The summed E-state index contributed by atoms with van der Waals surface area (Å²) in [5, 5.41) is 4.35. The van der Waals surface area contributed by atoms with Gasteiger partial charge in [-0.3, -0.25) is 19.0 Å². The number of thiophene rings is 1. The predicted molar refractivity (Wildman–Crippen MR) is 134 cm³/mol. The van der Waals surface area contributed by atoms with Gasteiger partial charge in [-0.05, 0) is 75.3 Å². The highest BCUT2D eigenvalue weighted by atomic mass is 32.2. The number of anilines is 1. The van der Waals surface area contributed by atoms with Crippen molar-refractivity contribution in [2.45, 2.75) is 69.5 Å². The molecule has 1 fully saturated rings. The van der Waals surface area contributed by atoms with Gasteiger partial charge in [-0.15, -0.1) is 11.3 Å². The third-order valence-corrected chi connectivity index (χ3v) is 8.72. The van der Waals surface area contributed by atoms with Crippen LogP contribution in [-0.2, 0) is 17.6 Å². The van der Waals surface area contributed by atoms with Crippen molar-refractivity contribution in [3.8, 4) is 0 Å². The Bertz CT molecular complexity index is 1270. The van der Waals surface area contributed by atoms with Crippen molar-refractivity contribution in [1.82, 2.24) is 9.55 Å². The molecule has 1 saturated carbocycles. The molecule has 0 aliphatic heterocycles. The summed E-state index contributed by atoms with van der Waals surface area (Å²) in [6, 6.07) is 7.04. The van der Waals surface area contributed by atoms with Gasteiger partial charge in [0.1, 0.15) is 4.83 Å². The number of carbonyl (C=O) groups is 2. The van der Waals surface area contributed by atoms with Crippen LogP contribution in [0, 0.1) is 0 Å². The fraction of sp³-hybridized carbons (Fsp3) is 0.440. The Morgan fingerprint density at radius 1 is 1.12 bits per heavy atom. The fourth-order valence-corrected chi connectivity index (χ4v) is 7.07. The smallest absolute Gasteiger partial charge is 0.263 e. The van der Waals surface area contributed by atoms with Crippen molar-refractivity contribution in [2.75, 3.05) is 11.1 Å². The van der Waals surface area contributed by atoms with Gasteiger partial charge >= 0.3 is 0 Å². The number of nitrogens with zero attached hydrogens (tertiary/aromatic N) is 2. The Kier molecular flexibility index (Phi) is 6.38. The summed E-state index contributed by atoms with van der Waals surface area (Å²) < 4.78 is 1.89. The first-order chi connectivity index (χ1) is 16.0. The molecule has 3 aromatic rings. The third kappa shape index (κ3) is 4.51. The number of fused-ring (bicyclic) bond motifs is 3. The minimum atomic E-state index is -0.159. The maximum absolute atomic E-state index is 13.7. The number of amides is 1. The van der Waals surface area contributed by atoms with Gasteiger partial charge in [-0.2, -0.15) is 0 Å². The molecule has 1 N–H and O–H groups in total. The van der Waals surface area contributed by atoms with E-state index in [0.29, 0.717) is 16.4 Å². The molecule has 1 aromatic carbocycles. The molecule has 2 heterocycles. The highest BCUT2D eigenvalue weighted by Gasteiger charge is 2.27. The summed E-state index contributed by atoms with van der Waals surface area (Å²) in [4.78, 5) is 44.8. The average Bonchev–Trinajstić information content (AvgIpc) is 3.46. The minimum absolute atomic E-state index is 0.00922. The molecule has 6 nitrogen and oxygen atoms in total. The zero-order chi connectivity index (χ0) is 22.9. The number of nitrogens with one attached hydrogen (secondary N) is 1. The highest BCUT2D eigenvalue weighted by Crippen LogP contribution is 2.37. The van der Waals surface area contributed by atoms with Gasteiger partial charge in [0, 0.05) is 22.2 Å². The predicted octanol–water partition coefficient (Wildman–Crippen LogP) is 5.39. The Balaban J connectivity index is 1.40. The molecule has 33 heavy (non-hydrogen) atoms. The lowest BCUT2D eigenvalue weighted by atomic mass is 9.97. The maximum atomic E-state index is 13.7. The molecular formula is C25H27N3O3S2. The second-order valence-corrected chi connectivity index (χ2v) is 10.9. The molecule has 172 valence electrons. The number of Topliss-reactive ketones (excluding diaryl/α,β-unsaturated/α-hetero) is 1. The molecule has 0 saturated heterocycles. The quantitative estimate of drug-likeness (QED) is 0.290. The van der Waals surface area contributed by atoms with Gasteiger partial charge in [0.2, 0.25) is 5.91 Å². The number of hydrogen-bond acceptors (Lipinski definition) is 6. The molecule has 2 aromatic heterocycles. The van der Waals surface area contributed by atoms with Gasteiger partial charge in [-0.1, -0.05) is 24.6 Å². The second kappa shape index (κ2) is 9.43. The molecule has 0 spiro atoms. The molecule has 0 atom stereocenters. The molecule has 0 bridgehead atoms. The number of aromatic nitrogens is 2. The summed E-state index contributed by atoms with van der Waals surface area (Å²) in [6.45, 7) is 1.52. The van der Waals surface area contributed by atoms with Gasteiger partial charge in [-0.25, -0.2) is 4.98 Å². The summed E-state index contributed by atoms with van der Waals surface area (Å²) >= 11 is 2.99. The summed E-state index contributed by atoms with van der Waals surface area (Å²) in [6.07, 6.45) is 8.52. The lowest BCUT2D eigenvalue weighted by Crippen LogP contribution is -2.27. The van der Waals surface area contributed by atoms with Gasteiger partial charge in [0.05, 0.1) is 11.1 Å². The maximum Gasteiger partial charge on any atom is 0.263 e. The highest BCUT2D eigenvalue weighted by molar-refractivity contribution is 7.99. The van der Waals surface area contributed by atoms with Gasteiger partial charge in [0.15, 0.2) is 10.9 Å². The molecule has 2 aliphatic rings. The Morgan fingerprint density at radius 3 is 2.58 bits per heavy atom. The molecule has 0 unspecified atom stereocenters. The van der Waals surface area contributed by atoms with E-state index in [9.17, 15) is 14.4 Å². The minimum Gasteiger partial charge on any atom is -0.325 e. The fourth-order valence-electron chi connectivity index (χ4n) is 4.90. The summed E-state index contributed by atoms with van der Waals surface area (Å²) in [5.74, 6) is 0.00271. The van der Waals surface area contributed by atoms with E-state index in [2.05, 4.69) is 5.32 Å². The van der Waals surface area contributed by atoms with E-state index in [4.69, 9.17) is 4.98 Å². The zero-order valence-corrected chi connectivity index (χ0v) is 20.3. The number of thioether (sulfide) groups is 1. The van der Waals surface area contributed by atoms with Crippen LogP contribution in [0.1, 0.15) is 72.3 Å². The number of carbonyl (C=O) groups excluding carboxylic acids is 2. The standard InChI is InChI=1S/C25H27N3O3S2/c1-15(29)16-10-12-17(13-11-16)26-21(30)14-32-25-27-23-22(19-8-4-5-9-20(19)33-23)24(31)28(25)18-6-2-3-7-18/h10-13,18H,2-9,14H2,1H3,(H,26,30). The van der Waals surface area contributed by atoms with Crippen molar-refractivity contribution in [1.29, 1.82) is 0 Å². The normalized spacial score (nSPS) is 16.2. The number of hydrogen-bond donors (Lipinski definition) is 1. The van der Waals surface area contributed by atoms with Gasteiger partial charge < -0.3 is 5.32 Å². The first-order valence-corrected chi connectivity index (χ1v) is 13.4. The van der Waals surface area contributed by atoms with Crippen LogP contribution in [0.2, 0.25) is 0 Å². The van der Waals surface area contributed by atoms with E-state index in [1.807, 2.05) is 4.57 Å². The van der Waals surface area contributed by atoms with Crippen LogP contribution in [0.3, 0.4) is 0 Å². The van der Waals surface area contributed by atoms with E-state index in [1.165, 1.54) is 35.5 Å². The summed E-state index contributed by atoms with van der Waals surface area (Å²) in [5.41, 5.74) is 2.55. The van der Waals surface area contributed by atoms with Crippen molar-refractivity contribution in [3.63, 3.8) is 0 Å². The topological polar surface area (TPSA) is 81.1 Å². The first-order valence-electron chi connectivity index (χ1n) is 11.6. The average molecular weight is 482 g/mol. The molecule has 8 heteroatoms. The Morgan fingerprint density at radius 2 is 1.85 bits per heavy atom. The third-order valence-electron chi connectivity index (χ3n) is 6.59. The van der Waals surface area contributed by atoms with E-state index in [1.54, 1.807) is 35.6 Å². The van der Waals surface area contributed by atoms with Crippen molar-refractivity contribution in [2.24, 2.45) is 0 Å². The Labute approximate surface area is 200 Å². The van der Waals surface area contributed by atoms with Crippen LogP contribution in [0.15, 0.2) is 34.2 Å². The Hall–Kier alpha value is -2.45. The van der Waals surface area contributed by atoms with Crippen LogP contribution in [0.5, 0.6) is 0 Å². The first kappa shape index (κ1) is 22.3. The molecule has 2 aliphatic carbocycles. The lowest BCUT2D eigenvalue weighted by molar-refractivity contribution is -0.113. The van der Waals surface area contributed by atoms with Crippen LogP contribution in [0.25, 0.3) is 10.2 Å². The van der Waals surface area contributed by atoms with Gasteiger partial charge in [0.25, 0.3) is 5.56 Å². The van der Waals surface area contributed by atoms with Crippen molar-refractivity contribution in [3.05, 3.63) is 50.6 Å². The number of aryl methyl sites for hydroxylation is 2. The number of ketones is 1. The van der Waals surface area contributed by atoms with E-state index in [-0.39, 0.29) is 29.0 Å². The van der Waals surface area contributed by atoms with Crippen LogP contribution in [-0.4, -0.2) is 27.0 Å². The van der Waals surface area contributed by atoms with Crippen LogP contribution in [0.4, 0.5) is 5.69 Å². The molecule has 0 radical (unpaired) electrons. The van der Waals surface area contributed by atoms with Crippen molar-refractivity contribution >= 4 is 50.7 Å². The molecule has 5 rings (SSSR count). The SMILES string of the molecule is CC(=O)c1ccc(NC(=O)CSc2nc3sc4c(c3c(=O)n2C2CCCC2)CCCC4)cc1. The second-order valence-electron chi connectivity index (χ2n) is 8.87. The number of rotatable bonds is 6. The molecular weight excluding hydrogens is 454 g/mol. The van der Waals surface area contributed by atoms with Crippen molar-refractivity contribution < 1.29 is 9.59 Å². The number of benzene rings is 1. The van der Waals surface area contributed by atoms with E-state index < -0.39 is 0 Å². The zero-order valence-electron chi connectivity index (χ0n) is 18.7. The van der Waals surface area contributed by atoms with E-state index >= 15 is 0 Å². The largest absolute Gasteiger partial charge is 0.325 e. The van der Waals surface area contributed by atoms with Crippen LogP contribution < -0.4 is 10.9 Å². The monoisotopic (exact) mass is 481 g/mol. The lowest BCUT2D eigenvalue weighted by Gasteiger charge is -2.18. The van der Waals surface area contributed by atoms with Crippen LogP contribution >= 0.6 is 23.1 Å². The van der Waals surface area contributed by atoms with E-state index in [0.717, 1.165) is 55.2 Å².